The SMILES string of the molecule is CCOC(=O)C[C@H](NC(=O)C(CC(C)C)n1cc(CCCN(C)C)c(C(F)(F)F)cc1=O)c1c(F)c(-c2c(C)cc(F)cc2C)cc(C(F)(F)F)c1F.Cc1cc(F)cc(C)c1-c1cc(C(F)(F)F)c(F)c([C@H](CC(=O)O)NC(=O)C(CC(C)C)n2cc(CCCN(C)C)c(C(F)(F)F)cc2=O)c1F. The van der Waals surface area contributed by atoms with Gasteiger partial charge in [-0.05, 0) is 207 Å². The fourth-order valence-electron chi connectivity index (χ4n) is 12.3. The number of nitrogens with one attached hydrogen (secondary N) is 2. The van der Waals surface area contributed by atoms with Gasteiger partial charge in [0.25, 0.3) is 11.1 Å². The van der Waals surface area contributed by atoms with E-state index in [0.717, 1.165) is 41.2 Å². The summed E-state index contributed by atoms with van der Waals surface area (Å²) in [5, 5.41) is 14.0. The second-order valence-electron chi connectivity index (χ2n) is 26.6. The molecule has 0 aliphatic carbocycles. The number of benzene rings is 4. The normalized spacial score (nSPS) is 13.5. The molecule has 2 heterocycles. The van der Waals surface area contributed by atoms with Gasteiger partial charge in [0.05, 0.1) is 53.8 Å². The lowest BCUT2D eigenvalue weighted by Crippen LogP contribution is -2.41. The number of carbonyl (C=O) groups excluding carboxylic acids is 3. The molecule has 14 nitrogen and oxygen atoms in total. The maximum Gasteiger partial charge on any atom is 0.419 e. The molecule has 4 aromatic carbocycles. The highest BCUT2D eigenvalue weighted by atomic mass is 19.4. The van der Waals surface area contributed by atoms with Crippen molar-refractivity contribution in [3.8, 4) is 22.3 Å². The number of aryl methyl sites for hydroxylation is 6. The highest BCUT2D eigenvalue weighted by Gasteiger charge is 2.44. The van der Waals surface area contributed by atoms with E-state index in [0.29, 0.717) is 29.8 Å². The molecule has 6 rings (SSSR count). The summed E-state index contributed by atoms with van der Waals surface area (Å²) in [6.07, 6.45) is -21.7. The van der Waals surface area contributed by atoms with Gasteiger partial charge in [0.2, 0.25) is 11.8 Å². The summed E-state index contributed by atoms with van der Waals surface area (Å²) in [5.74, 6) is -15.5. The average molecular weight is 1500 g/mol. The molecule has 0 bridgehead atoms. The number of nitrogens with zero attached hydrogens (tertiary/aromatic N) is 4. The minimum absolute atomic E-state index is 0.00174. The number of aliphatic carboxylic acids is 1. The maximum absolute atomic E-state index is 16.6. The Morgan fingerprint density at radius 3 is 1.09 bits per heavy atom. The molecule has 104 heavy (non-hydrogen) atoms. The number of carboxylic acid groups (broad SMARTS) is 1. The molecule has 0 fully saturated rings. The van der Waals surface area contributed by atoms with Gasteiger partial charge in [-0.3, -0.25) is 28.8 Å². The van der Waals surface area contributed by atoms with Crippen molar-refractivity contribution in [3.05, 3.63) is 183 Å². The first-order chi connectivity index (χ1) is 47.9. The Hall–Kier alpha value is -8.68. The third-order valence-electron chi connectivity index (χ3n) is 16.7. The quantitative estimate of drug-likeness (QED) is 0.0333. The largest absolute Gasteiger partial charge is 0.481 e. The molecule has 0 aliphatic rings. The minimum Gasteiger partial charge on any atom is -0.481 e. The smallest absolute Gasteiger partial charge is 0.419 e. The number of carbonyl (C=O) groups is 4. The number of carboxylic acids is 1. The van der Waals surface area contributed by atoms with Crippen LogP contribution in [0.25, 0.3) is 22.3 Å². The fourth-order valence-corrected chi connectivity index (χ4v) is 12.3. The number of rotatable bonds is 27. The number of aromatic nitrogens is 2. The minimum atomic E-state index is -5.45. The highest BCUT2D eigenvalue weighted by Crippen LogP contribution is 2.45. The number of hydrogen-bond acceptors (Lipinski definition) is 9. The maximum atomic E-state index is 16.6. The fraction of sp³-hybridized carbons (Fsp3) is 0.472. The first-order valence-corrected chi connectivity index (χ1v) is 32.6. The zero-order valence-electron chi connectivity index (χ0n) is 58.9. The molecule has 32 heteroatoms. The molecule has 3 N–H and O–H groups in total. The molecule has 2 aromatic heterocycles. The number of pyridine rings is 2. The molecule has 0 spiro atoms. The van der Waals surface area contributed by atoms with Gasteiger partial charge in [0.1, 0.15) is 47.0 Å². The Labute approximate surface area is 587 Å². The number of ether oxygens (including phenoxy) is 1. The molecule has 6 aromatic rings. The number of alkyl halides is 12. The Balaban J connectivity index is 0.000000374. The van der Waals surface area contributed by atoms with Gasteiger partial charge in [-0.2, -0.15) is 52.7 Å². The zero-order valence-corrected chi connectivity index (χ0v) is 58.9. The molecule has 0 saturated heterocycles. The van der Waals surface area contributed by atoms with Crippen molar-refractivity contribution in [2.24, 2.45) is 11.8 Å². The molecule has 0 aliphatic heterocycles. The van der Waals surface area contributed by atoms with E-state index in [1.54, 1.807) is 65.7 Å². The number of amides is 2. The molecule has 4 atom stereocenters. The van der Waals surface area contributed by atoms with Gasteiger partial charge >= 0.3 is 36.6 Å². The van der Waals surface area contributed by atoms with E-state index >= 15 is 17.6 Å². The monoisotopic (exact) mass is 1500 g/mol. The van der Waals surface area contributed by atoms with Gasteiger partial charge in [0.15, 0.2) is 0 Å². The number of esters is 1. The van der Waals surface area contributed by atoms with Crippen LogP contribution in [0.3, 0.4) is 0 Å². The number of hydrogen-bond donors (Lipinski definition) is 3. The third kappa shape index (κ3) is 22.0. The van der Waals surface area contributed by atoms with Crippen LogP contribution in [-0.4, -0.2) is 95.7 Å². The Morgan fingerprint density at radius 2 is 0.808 bits per heavy atom. The van der Waals surface area contributed by atoms with E-state index in [9.17, 15) is 95.3 Å². The summed E-state index contributed by atoms with van der Waals surface area (Å²) in [4.78, 5) is 82.5. The van der Waals surface area contributed by atoms with Gasteiger partial charge in [-0.15, -0.1) is 0 Å². The summed E-state index contributed by atoms with van der Waals surface area (Å²) in [5.41, 5.74) is -14.5. The summed E-state index contributed by atoms with van der Waals surface area (Å²) in [6.45, 7) is 13.5. The molecular weight excluding hydrogens is 1420 g/mol. The average Bonchev–Trinajstić information content (AvgIpc) is 0.766. The van der Waals surface area contributed by atoms with Crippen LogP contribution in [0.1, 0.15) is 164 Å². The summed E-state index contributed by atoms with van der Waals surface area (Å²) in [7, 11) is 6.82. The topological polar surface area (TPSA) is 172 Å². The predicted octanol–water partition coefficient (Wildman–Crippen LogP) is 16.5. The molecule has 2 amide bonds. The predicted molar refractivity (Wildman–Crippen MR) is 350 cm³/mol. The van der Waals surface area contributed by atoms with Crippen LogP contribution in [0, 0.1) is 74.4 Å². The number of halogens is 18. The molecule has 2 unspecified atom stereocenters. The van der Waals surface area contributed by atoms with Gasteiger partial charge in [-0.1, -0.05) is 27.7 Å². The van der Waals surface area contributed by atoms with Crippen LogP contribution in [0.4, 0.5) is 79.0 Å². The lowest BCUT2D eigenvalue weighted by atomic mass is 9.89. The Bertz CT molecular complexity index is 4190. The second kappa shape index (κ2) is 34.9. The summed E-state index contributed by atoms with van der Waals surface area (Å²) in [6, 6.07) is -3.09. The van der Waals surface area contributed by atoms with E-state index in [-0.39, 0.29) is 102 Å². The van der Waals surface area contributed by atoms with Crippen molar-refractivity contribution in [3.63, 3.8) is 0 Å². The van der Waals surface area contributed by atoms with E-state index in [4.69, 9.17) is 4.74 Å². The first-order valence-electron chi connectivity index (χ1n) is 32.6. The molecule has 0 radical (unpaired) electrons. The third-order valence-corrected chi connectivity index (χ3v) is 16.7. The lowest BCUT2D eigenvalue weighted by molar-refractivity contribution is -0.144. The lowest BCUT2D eigenvalue weighted by Gasteiger charge is -2.28. The van der Waals surface area contributed by atoms with Gasteiger partial charge < -0.3 is 39.4 Å². The summed E-state index contributed by atoms with van der Waals surface area (Å²) >= 11 is 0. The van der Waals surface area contributed by atoms with Gasteiger partial charge in [-0.25, -0.2) is 26.3 Å². The zero-order chi connectivity index (χ0) is 78.9. The summed E-state index contributed by atoms with van der Waals surface area (Å²) < 4.78 is 269. The highest BCUT2D eigenvalue weighted by molar-refractivity contribution is 5.84. The Morgan fingerprint density at radius 1 is 0.490 bits per heavy atom. The van der Waals surface area contributed by atoms with Crippen molar-refractivity contribution < 1.29 is 108 Å². The van der Waals surface area contributed by atoms with E-state index in [2.05, 4.69) is 10.6 Å². The van der Waals surface area contributed by atoms with Crippen molar-refractivity contribution >= 4 is 23.8 Å². The van der Waals surface area contributed by atoms with Crippen molar-refractivity contribution in [2.75, 3.05) is 47.9 Å². The second-order valence-corrected chi connectivity index (χ2v) is 26.6. The van der Waals surface area contributed by atoms with Crippen LogP contribution in [0.15, 0.2) is 70.5 Å². The van der Waals surface area contributed by atoms with Crippen molar-refractivity contribution in [2.45, 2.75) is 163 Å². The van der Waals surface area contributed by atoms with Crippen LogP contribution in [0.5, 0.6) is 0 Å². The standard InChI is InChI=1S/C37H42F9N3O4.C35H38F9N3O4/c1-8-53-30(51)17-27(32-33(39)24(15-26(34(32)40)37(44,45)46)31-20(4)13-23(38)14-21(31)5)47-35(52)28(12-19(2)3)49-18-22(10-9-11-48(6)7)25(16-29(49)50)36(41,42)43;1-17(2)10-26(47-16-20(8-7-9-46(5)6)23(14-27(47)48)34(39,40)41)33(51)45-25(15-28(49)50)30-31(37)22(13-24(32(30)38)35(42,43)44)29-18(3)11-21(36)12-19(29)4/h13-16,18-19,27-28H,8-12,17H2,1-7H3,(H,47,52);11-14,16-17,25-26H,7-10,15H2,1-6H3,(H,45,51)(H,49,50)/t27-,28?;25-,26?/m00/s1. The van der Waals surface area contributed by atoms with Crippen LogP contribution in [0.2, 0.25) is 0 Å². The van der Waals surface area contributed by atoms with Crippen LogP contribution in [-0.2, 0) is 61.5 Å². The molecule has 572 valence electrons. The van der Waals surface area contributed by atoms with Crippen molar-refractivity contribution in [1.29, 1.82) is 0 Å². The van der Waals surface area contributed by atoms with Crippen LogP contribution < -0.4 is 21.8 Å². The van der Waals surface area contributed by atoms with E-state index in [1.165, 1.54) is 34.6 Å². The first kappa shape index (κ1) is 86.0. The van der Waals surface area contributed by atoms with Gasteiger partial charge in [0, 0.05) is 46.8 Å². The van der Waals surface area contributed by atoms with Crippen LogP contribution >= 0.6 is 0 Å². The van der Waals surface area contributed by atoms with E-state index < -0.39 is 188 Å². The molecular formula is C72H80F18N6O8. The molecule has 0 saturated carbocycles. The Kier molecular flexibility index (Phi) is 28.9. The van der Waals surface area contributed by atoms with Crippen molar-refractivity contribution in [1.82, 2.24) is 29.6 Å². The van der Waals surface area contributed by atoms with E-state index in [1.807, 2.05) is 0 Å².